The second-order valence-electron chi connectivity index (χ2n) is 0.665. The predicted molar refractivity (Wildman–Crippen MR) is 25.9 cm³/mol. The van der Waals surface area contributed by atoms with Gasteiger partial charge in [-0.1, -0.05) is 16.8 Å². The van der Waals surface area contributed by atoms with E-state index in [1.165, 1.54) is 0 Å². The highest BCUT2D eigenvalue weighted by molar-refractivity contribution is 6.99. The van der Waals surface area contributed by atoms with Crippen LogP contribution in [0.2, 0.25) is 0 Å². The summed E-state index contributed by atoms with van der Waals surface area (Å²) in [6.07, 6.45) is 0. The van der Waals surface area contributed by atoms with E-state index in [9.17, 15) is 4.79 Å². The maximum atomic E-state index is 9.72. The molecule has 0 aromatic rings. The Morgan fingerprint density at radius 3 is 2.00 bits per heavy atom. The molecular weight excluding hydrogens is 141 g/mol. The summed E-state index contributed by atoms with van der Waals surface area (Å²) in [5, 5.41) is 8.35. The molecule has 0 aromatic heterocycles. The van der Waals surface area contributed by atoms with Gasteiger partial charge in [0.2, 0.25) is 5.17 Å². The van der Waals surface area contributed by atoms with Gasteiger partial charge in [-0.3, -0.25) is 4.79 Å². The van der Waals surface area contributed by atoms with E-state index >= 15 is 0 Å². The number of rotatable bonds is 1. The molecule has 5 heteroatoms. The monoisotopic (exact) mass is 141 g/mol. The molecule has 0 fully saturated rings. The highest BCUT2D eigenvalue weighted by Gasteiger charge is 2.01. The SMILES string of the molecule is O=C(Cl)/C(Cl)=N\O. The van der Waals surface area contributed by atoms with Crippen LogP contribution in [0.1, 0.15) is 0 Å². The van der Waals surface area contributed by atoms with Gasteiger partial charge in [-0.2, -0.15) is 0 Å². The van der Waals surface area contributed by atoms with E-state index in [2.05, 4.69) is 16.8 Å². The van der Waals surface area contributed by atoms with E-state index in [1.807, 2.05) is 0 Å². The number of hydrogen-bond donors (Lipinski definition) is 1. The standard InChI is InChI=1S/C2HCl2NO2/c3-1(5-7)2(4)6/h7H/b5-1+. The Morgan fingerprint density at radius 2 is 2.00 bits per heavy atom. The lowest BCUT2D eigenvalue weighted by Crippen LogP contribution is -1.96. The van der Waals surface area contributed by atoms with Crippen LogP contribution in [0.15, 0.2) is 5.16 Å². The Labute approximate surface area is 49.5 Å². The molecule has 0 bridgehead atoms. The Kier molecular flexibility index (Phi) is 2.71. The first-order valence-corrected chi connectivity index (χ1v) is 2.01. The maximum Gasteiger partial charge on any atom is 0.285 e. The highest BCUT2D eigenvalue weighted by Crippen LogP contribution is 1.89. The molecular formula is C2HCl2NO2. The first kappa shape index (κ1) is 6.72. The Hall–Kier alpha value is -0.280. The third-order valence-corrected chi connectivity index (χ3v) is 0.773. The van der Waals surface area contributed by atoms with Crippen molar-refractivity contribution in [3.63, 3.8) is 0 Å². The van der Waals surface area contributed by atoms with Crippen LogP contribution in [0.25, 0.3) is 0 Å². The van der Waals surface area contributed by atoms with Crippen molar-refractivity contribution in [2.75, 3.05) is 0 Å². The molecule has 0 saturated carbocycles. The molecule has 0 saturated heterocycles. The van der Waals surface area contributed by atoms with Crippen molar-refractivity contribution >= 4 is 33.6 Å². The molecule has 7 heavy (non-hydrogen) atoms. The fraction of sp³-hybridized carbons (Fsp3) is 0. The van der Waals surface area contributed by atoms with Gasteiger partial charge in [0, 0.05) is 0 Å². The van der Waals surface area contributed by atoms with Crippen LogP contribution < -0.4 is 0 Å². The molecule has 0 rings (SSSR count). The van der Waals surface area contributed by atoms with Gasteiger partial charge in [0.15, 0.2) is 0 Å². The van der Waals surface area contributed by atoms with E-state index in [0.29, 0.717) is 0 Å². The van der Waals surface area contributed by atoms with E-state index in [0.717, 1.165) is 0 Å². The zero-order valence-corrected chi connectivity index (χ0v) is 4.57. The van der Waals surface area contributed by atoms with E-state index in [-0.39, 0.29) is 0 Å². The van der Waals surface area contributed by atoms with Crippen molar-refractivity contribution in [1.29, 1.82) is 0 Å². The fourth-order valence-corrected chi connectivity index (χ4v) is 0.0771. The lowest BCUT2D eigenvalue weighted by atomic mass is 10.8. The second kappa shape index (κ2) is 2.82. The van der Waals surface area contributed by atoms with Gasteiger partial charge in [0.25, 0.3) is 5.24 Å². The molecule has 0 heterocycles. The summed E-state index contributed by atoms with van der Waals surface area (Å²) in [5.41, 5.74) is 0. The van der Waals surface area contributed by atoms with Crippen molar-refractivity contribution in [3.05, 3.63) is 0 Å². The van der Waals surface area contributed by atoms with Crippen LogP contribution in [0.5, 0.6) is 0 Å². The molecule has 0 aliphatic heterocycles. The Balaban J connectivity index is 3.82. The highest BCUT2D eigenvalue weighted by atomic mass is 35.5. The minimum absolute atomic E-state index is 0.623. The molecule has 0 aliphatic rings. The minimum atomic E-state index is -0.968. The zero-order chi connectivity index (χ0) is 5.86. The van der Waals surface area contributed by atoms with Gasteiger partial charge in [-0.05, 0) is 11.6 Å². The maximum absolute atomic E-state index is 9.72. The molecule has 0 amide bonds. The van der Waals surface area contributed by atoms with E-state index in [1.54, 1.807) is 0 Å². The quantitative estimate of drug-likeness (QED) is 0.254. The largest absolute Gasteiger partial charge is 0.410 e. The summed E-state index contributed by atoms with van der Waals surface area (Å²) in [7, 11) is 0. The molecule has 0 aliphatic carbocycles. The van der Waals surface area contributed by atoms with Gasteiger partial charge in [0.05, 0.1) is 0 Å². The van der Waals surface area contributed by atoms with Gasteiger partial charge < -0.3 is 5.21 Å². The van der Waals surface area contributed by atoms with Gasteiger partial charge in [-0.25, -0.2) is 0 Å². The molecule has 0 spiro atoms. The van der Waals surface area contributed by atoms with Crippen LogP contribution in [-0.2, 0) is 4.79 Å². The van der Waals surface area contributed by atoms with Gasteiger partial charge in [-0.15, -0.1) is 0 Å². The number of hydrogen-bond acceptors (Lipinski definition) is 3. The van der Waals surface area contributed by atoms with Crippen LogP contribution in [-0.4, -0.2) is 15.6 Å². The van der Waals surface area contributed by atoms with Crippen LogP contribution >= 0.6 is 23.2 Å². The van der Waals surface area contributed by atoms with Crippen molar-refractivity contribution in [3.8, 4) is 0 Å². The predicted octanol–water partition coefficient (Wildman–Crippen LogP) is 0.778. The topological polar surface area (TPSA) is 49.7 Å². The van der Waals surface area contributed by atoms with Crippen molar-refractivity contribution in [2.24, 2.45) is 5.16 Å². The summed E-state index contributed by atoms with van der Waals surface area (Å²) in [6, 6.07) is 0. The smallest absolute Gasteiger partial charge is 0.285 e. The number of nitrogens with zero attached hydrogens (tertiary/aromatic N) is 1. The Morgan fingerprint density at radius 1 is 1.57 bits per heavy atom. The molecule has 1 N–H and O–H groups in total. The number of oxime groups is 1. The Bertz CT molecular complexity index is 110. The molecule has 0 atom stereocenters. The molecule has 0 aromatic carbocycles. The normalized spacial score (nSPS) is 11.4. The first-order valence-electron chi connectivity index (χ1n) is 1.26. The van der Waals surface area contributed by atoms with E-state index in [4.69, 9.17) is 16.8 Å². The lowest BCUT2D eigenvalue weighted by Gasteiger charge is -1.76. The zero-order valence-electron chi connectivity index (χ0n) is 3.06. The fourth-order valence-electron chi connectivity index (χ4n) is 0.0393. The average Bonchev–Trinajstić information content (AvgIpc) is 1.65. The van der Waals surface area contributed by atoms with Crippen LogP contribution in [0.4, 0.5) is 0 Å². The summed E-state index contributed by atoms with van der Waals surface area (Å²) < 4.78 is 0. The van der Waals surface area contributed by atoms with Crippen molar-refractivity contribution < 1.29 is 10.0 Å². The third-order valence-electron chi connectivity index (χ3n) is 0.250. The third kappa shape index (κ3) is 2.42. The van der Waals surface area contributed by atoms with E-state index < -0.39 is 10.4 Å². The molecule has 0 unspecified atom stereocenters. The lowest BCUT2D eigenvalue weighted by molar-refractivity contribution is -0.106. The van der Waals surface area contributed by atoms with Gasteiger partial charge >= 0.3 is 0 Å². The summed E-state index contributed by atoms with van der Waals surface area (Å²) in [5.74, 6) is 0. The summed E-state index contributed by atoms with van der Waals surface area (Å²) in [6.45, 7) is 0. The molecule has 3 nitrogen and oxygen atoms in total. The number of halogens is 2. The van der Waals surface area contributed by atoms with Crippen LogP contribution in [0.3, 0.4) is 0 Å². The molecule has 0 radical (unpaired) electrons. The van der Waals surface area contributed by atoms with Crippen molar-refractivity contribution in [2.45, 2.75) is 0 Å². The summed E-state index contributed by atoms with van der Waals surface area (Å²) >= 11 is 9.49. The minimum Gasteiger partial charge on any atom is -0.410 e. The van der Waals surface area contributed by atoms with Crippen LogP contribution in [0, 0.1) is 0 Å². The number of carbonyl (C=O) groups is 1. The van der Waals surface area contributed by atoms with Gasteiger partial charge in [0.1, 0.15) is 0 Å². The number of carbonyl (C=O) groups excluding carboxylic acids is 1. The molecule has 40 valence electrons. The summed E-state index contributed by atoms with van der Waals surface area (Å²) in [4.78, 5) is 9.72. The average molecular weight is 142 g/mol. The van der Waals surface area contributed by atoms with Crippen molar-refractivity contribution in [1.82, 2.24) is 0 Å². The first-order chi connectivity index (χ1) is 3.18. The second-order valence-corrected chi connectivity index (χ2v) is 1.37.